The molecule has 3 saturated heterocycles. The normalized spacial score (nSPS) is 18.6. The minimum absolute atomic E-state index is 0.00930. The first-order valence-corrected chi connectivity index (χ1v) is 30.6. The molecule has 0 spiro atoms. The summed E-state index contributed by atoms with van der Waals surface area (Å²) in [7, 11) is 0. The van der Waals surface area contributed by atoms with Crippen molar-refractivity contribution in [1.29, 1.82) is 5.26 Å². The maximum absolute atomic E-state index is 14.2. The fourth-order valence-corrected chi connectivity index (χ4v) is 13.0. The summed E-state index contributed by atoms with van der Waals surface area (Å²) in [5.74, 6) is -1.02. The second-order valence-electron chi connectivity index (χ2n) is 24.1. The number of likely N-dealkylation sites (tertiary alicyclic amines) is 1. The minimum atomic E-state index is -0.936. The maximum atomic E-state index is 14.2. The molecule has 1 unspecified atom stereocenters. The smallest absolute Gasteiger partial charge is 0.246 e. The van der Waals surface area contributed by atoms with Gasteiger partial charge in [-0.1, -0.05) is 71.9 Å². The maximum Gasteiger partial charge on any atom is 0.246 e. The molecule has 4 aliphatic rings. The number of rotatable bonds is 24. The highest BCUT2D eigenvalue weighted by atomic mass is 32.1. The molecule has 84 heavy (non-hydrogen) atoms. The van der Waals surface area contributed by atoms with E-state index in [9.17, 15) is 34.3 Å². The van der Waals surface area contributed by atoms with Crippen molar-refractivity contribution in [2.24, 2.45) is 5.41 Å². The number of piperazine rings is 1. The second-order valence-corrected chi connectivity index (χ2v) is 25.0. The van der Waals surface area contributed by atoms with Gasteiger partial charge < -0.3 is 54.4 Å². The first-order chi connectivity index (χ1) is 40.4. The average molecular weight is 1170 g/mol. The predicted molar refractivity (Wildman–Crippen MR) is 322 cm³/mol. The Morgan fingerprint density at radius 2 is 1.54 bits per heavy atom. The number of thiazole rings is 1. The number of nitrogens with one attached hydrogen (secondary N) is 3. The van der Waals surface area contributed by atoms with E-state index in [1.54, 1.807) is 17.4 Å². The number of anilines is 1. The lowest BCUT2D eigenvalue weighted by Crippen LogP contribution is -2.57. The number of aromatic amines is 1. The minimum Gasteiger partial charge on any atom is -0.391 e. The Labute approximate surface area is 497 Å². The number of aliphatic hydroxyl groups excluding tert-OH is 1. The number of carbonyl (C=O) groups is 5. The van der Waals surface area contributed by atoms with Gasteiger partial charge in [-0.3, -0.25) is 28.9 Å². The molecule has 3 aromatic carbocycles. The van der Waals surface area contributed by atoms with Crippen LogP contribution in [0.2, 0.25) is 0 Å². The van der Waals surface area contributed by atoms with Crippen molar-refractivity contribution in [3.8, 4) is 16.5 Å². The predicted octanol–water partition coefficient (Wildman–Crippen LogP) is 6.67. The number of nitrogens with zero attached hydrogens (tertiary/aromatic N) is 6. The van der Waals surface area contributed by atoms with Gasteiger partial charge in [0.2, 0.25) is 23.6 Å². The quantitative estimate of drug-likeness (QED) is 0.0473. The number of amides is 4. The Balaban J connectivity index is 0.598. The highest BCUT2D eigenvalue weighted by molar-refractivity contribution is 7.13. The summed E-state index contributed by atoms with van der Waals surface area (Å²) in [4.78, 5) is 85.2. The van der Waals surface area contributed by atoms with Crippen LogP contribution in [0.5, 0.6) is 0 Å². The molecule has 4 amide bonds. The number of piperidine rings is 1. The van der Waals surface area contributed by atoms with E-state index in [4.69, 9.17) is 18.9 Å². The van der Waals surface area contributed by atoms with Crippen LogP contribution in [0.1, 0.15) is 123 Å². The lowest BCUT2D eigenvalue weighted by molar-refractivity contribution is -0.144. The molecule has 0 saturated carbocycles. The molecule has 450 valence electrons. The summed E-state index contributed by atoms with van der Waals surface area (Å²) in [6, 6.07) is 18.6. The molecule has 20 heteroatoms. The van der Waals surface area contributed by atoms with Crippen molar-refractivity contribution in [2.75, 3.05) is 104 Å². The van der Waals surface area contributed by atoms with Crippen LogP contribution in [0.3, 0.4) is 0 Å². The second kappa shape index (κ2) is 27.6. The van der Waals surface area contributed by atoms with E-state index in [0.717, 1.165) is 94.9 Å². The van der Waals surface area contributed by atoms with E-state index in [-0.39, 0.29) is 62.6 Å². The van der Waals surface area contributed by atoms with Gasteiger partial charge in [0.05, 0.1) is 98.7 Å². The largest absolute Gasteiger partial charge is 0.391 e. The number of nitriles is 1. The number of aryl methyl sites for hydroxylation is 2. The molecule has 5 aromatic rings. The van der Waals surface area contributed by atoms with E-state index in [0.29, 0.717) is 76.3 Å². The summed E-state index contributed by atoms with van der Waals surface area (Å²) < 4.78 is 22.6. The Kier molecular flexibility index (Phi) is 20.4. The van der Waals surface area contributed by atoms with Gasteiger partial charge in [0.1, 0.15) is 12.1 Å². The van der Waals surface area contributed by atoms with Crippen molar-refractivity contribution in [1.82, 2.24) is 35.3 Å². The van der Waals surface area contributed by atoms with Gasteiger partial charge in [-0.05, 0) is 78.1 Å². The van der Waals surface area contributed by atoms with Crippen molar-refractivity contribution in [3.63, 3.8) is 0 Å². The number of carbonyl (C=O) groups excluding carboxylic acids is 5. The molecule has 19 nitrogen and oxygen atoms in total. The van der Waals surface area contributed by atoms with E-state index in [1.165, 1.54) is 16.2 Å². The van der Waals surface area contributed by atoms with Crippen LogP contribution in [0.4, 0.5) is 5.69 Å². The number of hydrogen-bond acceptors (Lipinski definition) is 15. The number of ether oxygens (including phenoxy) is 4. The van der Waals surface area contributed by atoms with Crippen LogP contribution >= 0.6 is 11.3 Å². The van der Waals surface area contributed by atoms with Crippen LogP contribution in [0, 0.1) is 23.7 Å². The van der Waals surface area contributed by atoms with Gasteiger partial charge in [0.25, 0.3) is 0 Å². The Bertz CT molecular complexity index is 3180. The SMILES string of the molecule is CCc1cc2c(cc1N1CCC(N3CCN(C(=O)CCOCCOCCOCCOCCC(=O)NC(C(=O)N4C[C@H](O)C[C@H]4C(=O)NCc4ccc(-c5scnc5C)cc4)C(C)(C)C)CC3)CC1)C(C)(C)c1[nH]c3cc(C#N)ccc3c1C2=O. The van der Waals surface area contributed by atoms with Crippen LogP contribution in [0.25, 0.3) is 21.3 Å². The molecule has 0 radical (unpaired) electrons. The van der Waals surface area contributed by atoms with Gasteiger partial charge in [-0.25, -0.2) is 4.98 Å². The number of hydrogen-bond donors (Lipinski definition) is 4. The highest BCUT2D eigenvalue weighted by Gasteiger charge is 2.45. The van der Waals surface area contributed by atoms with Crippen LogP contribution < -0.4 is 15.5 Å². The summed E-state index contributed by atoms with van der Waals surface area (Å²) in [6.07, 6.45) is 2.46. The summed E-state index contributed by atoms with van der Waals surface area (Å²) >= 11 is 1.57. The first-order valence-electron chi connectivity index (χ1n) is 29.8. The molecule has 9 rings (SSSR count). The molecule has 4 N–H and O–H groups in total. The molecular weight excluding hydrogens is 1090 g/mol. The fraction of sp³-hybridized carbons (Fsp3) is 0.547. The lowest BCUT2D eigenvalue weighted by atomic mass is 9.70. The van der Waals surface area contributed by atoms with Crippen molar-refractivity contribution in [2.45, 2.75) is 123 Å². The number of ketones is 1. The highest BCUT2D eigenvalue weighted by Crippen LogP contribution is 2.46. The van der Waals surface area contributed by atoms with Gasteiger partial charge in [0.15, 0.2) is 5.78 Å². The molecular formula is C64H83N9O10S. The number of H-pyrrole nitrogens is 1. The van der Waals surface area contributed by atoms with Gasteiger partial charge >= 0.3 is 0 Å². The Morgan fingerprint density at radius 1 is 0.881 bits per heavy atom. The van der Waals surface area contributed by atoms with Crippen molar-refractivity contribution < 1.29 is 48.0 Å². The molecule has 3 aliphatic heterocycles. The third-order valence-corrected chi connectivity index (χ3v) is 18.0. The van der Waals surface area contributed by atoms with Gasteiger partial charge in [-0.2, -0.15) is 5.26 Å². The summed E-state index contributed by atoms with van der Waals surface area (Å²) in [5, 5.41) is 26.8. The van der Waals surface area contributed by atoms with Crippen molar-refractivity contribution in [3.05, 3.63) is 105 Å². The summed E-state index contributed by atoms with van der Waals surface area (Å²) in [6.45, 7) is 21.7. The molecule has 1 aliphatic carbocycles. The number of fused-ring (bicyclic) bond motifs is 4. The summed E-state index contributed by atoms with van der Waals surface area (Å²) in [5.41, 5.74) is 10.8. The van der Waals surface area contributed by atoms with E-state index in [2.05, 4.69) is 69.4 Å². The van der Waals surface area contributed by atoms with Gasteiger partial charge in [-0.15, -0.1) is 11.3 Å². The standard InChI is InChI=1S/C64H83N9O10S/c1-8-44-34-49-50(64(6,7)59-56(57(49)77)48-14-11-43(37-65)33-51(48)68-59)36-52(44)71-19-15-46(16-20-71)70-21-23-72(24-22-70)55(76)18-26-81-28-30-83-32-31-82-29-27-80-25-17-54(75)69-60(63(3,4)5)62(79)73-39-47(74)35-53(73)61(78)66-38-42-9-12-45(13-10-42)58-41(2)67-40-84-58/h9-14,33-34,36,40,46-47,53,60,68,74H,8,15-32,35,38-39H2,1-7H3,(H,66,78)(H,69,75)/t47-,53+,60?/m1/s1. The molecule has 3 atom stereocenters. The zero-order chi connectivity index (χ0) is 59.7. The fourth-order valence-electron chi connectivity index (χ4n) is 12.2. The first kappa shape index (κ1) is 62.0. The van der Waals surface area contributed by atoms with Crippen LogP contribution in [-0.2, 0) is 56.5 Å². The van der Waals surface area contributed by atoms with Gasteiger partial charge in [0, 0.05) is 105 Å². The molecule has 5 heterocycles. The topological polar surface area (TPSA) is 232 Å². The Morgan fingerprint density at radius 3 is 2.15 bits per heavy atom. The molecule has 2 aromatic heterocycles. The van der Waals surface area contributed by atoms with E-state index < -0.39 is 34.9 Å². The van der Waals surface area contributed by atoms with Crippen molar-refractivity contribution >= 4 is 57.3 Å². The van der Waals surface area contributed by atoms with E-state index in [1.807, 2.05) is 74.5 Å². The third kappa shape index (κ3) is 14.4. The molecule has 0 bridgehead atoms. The number of aliphatic hydroxyl groups is 1. The van der Waals surface area contributed by atoms with Crippen LogP contribution in [-0.4, -0.2) is 182 Å². The zero-order valence-electron chi connectivity index (χ0n) is 49.9. The monoisotopic (exact) mass is 1170 g/mol. The Hall–Kier alpha value is -6.57. The average Bonchev–Trinajstić information content (AvgIpc) is 1.60. The number of aromatic nitrogens is 2. The number of β-amino-alcohol motifs (C(OH)–C–C–N with tert-alkyl or cyclic N) is 1. The molecule has 3 fully saturated rings. The lowest BCUT2D eigenvalue weighted by Gasteiger charge is -2.44. The zero-order valence-corrected chi connectivity index (χ0v) is 50.7. The third-order valence-electron chi connectivity index (χ3n) is 17.0. The van der Waals surface area contributed by atoms with Crippen LogP contribution in [0.15, 0.2) is 60.1 Å². The van der Waals surface area contributed by atoms with E-state index >= 15 is 0 Å². The number of benzene rings is 3.